The van der Waals surface area contributed by atoms with E-state index in [0.717, 1.165) is 38.2 Å². The van der Waals surface area contributed by atoms with E-state index in [1.807, 2.05) is 0 Å². The Labute approximate surface area is 319 Å². The quantitative estimate of drug-likeness (QED) is 0.182. The monoisotopic (exact) mass is 718 g/mol. The molecule has 4 aromatic heterocycles. The second-order valence-corrected chi connectivity index (χ2v) is 15.2. The van der Waals surface area contributed by atoms with Gasteiger partial charge in [0.25, 0.3) is 0 Å². The van der Waals surface area contributed by atoms with Gasteiger partial charge >= 0.3 is 0 Å². The van der Waals surface area contributed by atoms with Gasteiger partial charge in [0.05, 0.1) is 27.8 Å². The van der Waals surface area contributed by atoms with Gasteiger partial charge in [0.2, 0.25) is 5.95 Å². The lowest BCUT2D eigenvalue weighted by atomic mass is 10.0. The van der Waals surface area contributed by atoms with Crippen molar-refractivity contribution in [3.63, 3.8) is 0 Å². The van der Waals surface area contributed by atoms with Crippen LogP contribution in [-0.4, -0.2) is 19.1 Å². The van der Waals surface area contributed by atoms with Crippen molar-refractivity contribution < 1.29 is 0 Å². The second kappa shape index (κ2) is 11.7. The van der Waals surface area contributed by atoms with Crippen LogP contribution < -0.4 is 0 Å². The zero-order valence-corrected chi connectivity index (χ0v) is 30.3. The SMILES string of the molecule is c1ccc(-c2ccc(-n3c4ccccc4c4ccc5c(c6ccccc6n5-c5nc(-c6ccc7ccccc7c6)c6c(n5)sc5ccccc56)c43)cc2)cc1. The lowest BCUT2D eigenvalue weighted by molar-refractivity contribution is 1.02. The minimum atomic E-state index is 0.669. The van der Waals surface area contributed by atoms with Crippen LogP contribution in [0.15, 0.2) is 182 Å². The highest BCUT2D eigenvalue weighted by molar-refractivity contribution is 7.25. The van der Waals surface area contributed by atoms with Gasteiger partial charge in [0.1, 0.15) is 4.83 Å². The Morgan fingerprint density at radius 1 is 0.400 bits per heavy atom. The summed E-state index contributed by atoms with van der Waals surface area (Å²) in [7, 11) is 0. The van der Waals surface area contributed by atoms with Crippen molar-refractivity contribution in [3.05, 3.63) is 182 Å². The molecule has 0 unspecified atom stereocenters. The third-order valence-corrected chi connectivity index (χ3v) is 12.2. The molecule has 0 aliphatic rings. The Morgan fingerprint density at radius 2 is 1.05 bits per heavy atom. The first-order valence-corrected chi connectivity index (χ1v) is 19.4. The molecule has 0 aliphatic heterocycles. The molecule has 0 radical (unpaired) electrons. The highest BCUT2D eigenvalue weighted by Crippen LogP contribution is 2.44. The van der Waals surface area contributed by atoms with Crippen molar-refractivity contribution in [2.45, 2.75) is 0 Å². The number of aromatic nitrogens is 4. The molecule has 0 atom stereocenters. The number of thiophene rings is 1. The van der Waals surface area contributed by atoms with Crippen molar-refractivity contribution in [2.24, 2.45) is 0 Å². The van der Waals surface area contributed by atoms with Crippen LogP contribution in [0, 0.1) is 0 Å². The lowest BCUT2D eigenvalue weighted by Crippen LogP contribution is -2.02. The van der Waals surface area contributed by atoms with E-state index in [4.69, 9.17) is 9.97 Å². The predicted octanol–water partition coefficient (Wildman–Crippen LogP) is 13.5. The smallest absolute Gasteiger partial charge is 0.236 e. The summed E-state index contributed by atoms with van der Waals surface area (Å²) in [6, 6.07) is 65.4. The molecule has 0 aliphatic carbocycles. The molecule has 55 heavy (non-hydrogen) atoms. The van der Waals surface area contributed by atoms with Crippen LogP contribution in [0.4, 0.5) is 0 Å². The number of nitrogens with zero attached hydrogens (tertiary/aromatic N) is 4. The summed E-state index contributed by atoms with van der Waals surface area (Å²) in [6.45, 7) is 0. The van der Waals surface area contributed by atoms with Gasteiger partial charge in [-0.25, -0.2) is 9.97 Å². The first kappa shape index (κ1) is 30.4. The van der Waals surface area contributed by atoms with E-state index < -0.39 is 0 Å². The van der Waals surface area contributed by atoms with E-state index >= 15 is 0 Å². The van der Waals surface area contributed by atoms with E-state index in [-0.39, 0.29) is 0 Å². The highest BCUT2D eigenvalue weighted by atomic mass is 32.1. The Kier molecular flexibility index (Phi) is 6.47. The van der Waals surface area contributed by atoms with E-state index in [0.29, 0.717) is 5.95 Å². The third-order valence-electron chi connectivity index (χ3n) is 11.2. The fourth-order valence-corrected chi connectivity index (χ4v) is 9.75. The Morgan fingerprint density at radius 3 is 1.89 bits per heavy atom. The topological polar surface area (TPSA) is 35.6 Å². The van der Waals surface area contributed by atoms with Gasteiger partial charge in [-0.1, -0.05) is 140 Å². The Bertz CT molecular complexity index is 3480. The standard InChI is InChI=1S/C50H30N4S/c1-2-12-31(13-3-1)33-24-26-36(27-25-33)53-41-19-9-6-16-37(41)38-28-29-43-45(48(38)53)39-17-7-10-20-42(39)54(43)50-51-47(35-23-22-32-14-4-5-15-34(32)30-35)46-40-18-8-11-21-44(40)55-49(46)52-50/h1-30H. The molecule has 12 aromatic rings. The molecule has 0 saturated carbocycles. The molecule has 5 heteroatoms. The molecular formula is C50H30N4S. The molecule has 4 heterocycles. The van der Waals surface area contributed by atoms with Crippen molar-refractivity contribution in [3.8, 4) is 34.0 Å². The van der Waals surface area contributed by atoms with E-state index in [1.165, 1.54) is 64.6 Å². The van der Waals surface area contributed by atoms with Gasteiger partial charge in [-0.15, -0.1) is 11.3 Å². The zero-order valence-electron chi connectivity index (χ0n) is 29.5. The molecule has 0 spiro atoms. The number of hydrogen-bond acceptors (Lipinski definition) is 3. The van der Waals surface area contributed by atoms with Crippen LogP contribution in [0.25, 0.3) is 109 Å². The largest absolute Gasteiger partial charge is 0.309 e. The molecule has 0 saturated heterocycles. The van der Waals surface area contributed by atoms with Crippen LogP contribution in [0.5, 0.6) is 0 Å². The number of benzene rings is 8. The summed E-state index contributed by atoms with van der Waals surface area (Å²) in [5.74, 6) is 0.669. The molecule has 12 rings (SSSR count). The maximum absolute atomic E-state index is 5.54. The van der Waals surface area contributed by atoms with Gasteiger partial charge in [0, 0.05) is 48.3 Å². The zero-order chi connectivity index (χ0) is 36.0. The summed E-state index contributed by atoms with van der Waals surface area (Å²) in [4.78, 5) is 11.9. The molecule has 0 fully saturated rings. The first-order valence-electron chi connectivity index (χ1n) is 18.6. The van der Waals surface area contributed by atoms with E-state index in [2.05, 4.69) is 191 Å². The van der Waals surface area contributed by atoms with Crippen molar-refractivity contribution in [2.75, 3.05) is 0 Å². The van der Waals surface area contributed by atoms with Crippen LogP contribution in [0.1, 0.15) is 0 Å². The van der Waals surface area contributed by atoms with Gasteiger partial charge in [-0.3, -0.25) is 4.57 Å². The van der Waals surface area contributed by atoms with Crippen LogP contribution in [-0.2, 0) is 0 Å². The molecule has 8 aromatic carbocycles. The number of para-hydroxylation sites is 2. The molecular weight excluding hydrogens is 689 g/mol. The summed E-state index contributed by atoms with van der Waals surface area (Å²) in [5.41, 5.74) is 10.1. The Balaban J connectivity index is 1.17. The number of hydrogen-bond donors (Lipinski definition) is 0. The molecule has 0 amide bonds. The minimum absolute atomic E-state index is 0.669. The molecule has 256 valence electrons. The van der Waals surface area contributed by atoms with Crippen LogP contribution >= 0.6 is 11.3 Å². The van der Waals surface area contributed by atoms with E-state index in [9.17, 15) is 0 Å². The van der Waals surface area contributed by atoms with Gasteiger partial charge in [-0.2, -0.15) is 0 Å². The lowest BCUT2D eigenvalue weighted by Gasteiger charge is -2.12. The second-order valence-electron chi connectivity index (χ2n) is 14.2. The van der Waals surface area contributed by atoms with Crippen molar-refractivity contribution >= 4 is 86.0 Å². The number of fused-ring (bicyclic) bond motifs is 11. The van der Waals surface area contributed by atoms with Crippen LogP contribution in [0.2, 0.25) is 0 Å². The van der Waals surface area contributed by atoms with Crippen molar-refractivity contribution in [1.29, 1.82) is 0 Å². The normalized spacial score (nSPS) is 12.0. The fraction of sp³-hybridized carbons (Fsp3) is 0. The summed E-state index contributed by atoms with van der Waals surface area (Å²) < 4.78 is 5.92. The minimum Gasteiger partial charge on any atom is -0.309 e. The maximum atomic E-state index is 5.54. The van der Waals surface area contributed by atoms with Gasteiger partial charge in [-0.05, 0) is 64.4 Å². The van der Waals surface area contributed by atoms with Gasteiger partial charge in [0.15, 0.2) is 0 Å². The summed E-state index contributed by atoms with van der Waals surface area (Å²) >= 11 is 1.73. The van der Waals surface area contributed by atoms with Crippen molar-refractivity contribution in [1.82, 2.24) is 19.1 Å². The van der Waals surface area contributed by atoms with Gasteiger partial charge < -0.3 is 4.57 Å². The maximum Gasteiger partial charge on any atom is 0.236 e. The highest BCUT2D eigenvalue weighted by Gasteiger charge is 2.23. The average molecular weight is 719 g/mol. The fourth-order valence-electron chi connectivity index (χ4n) is 8.68. The number of rotatable bonds is 4. The molecule has 0 N–H and O–H groups in total. The molecule has 0 bridgehead atoms. The first-order chi connectivity index (χ1) is 27.3. The van der Waals surface area contributed by atoms with E-state index in [1.54, 1.807) is 11.3 Å². The summed E-state index contributed by atoms with van der Waals surface area (Å²) in [6.07, 6.45) is 0. The van der Waals surface area contributed by atoms with Crippen LogP contribution in [0.3, 0.4) is 0 Å². The Hall–Kier alpha value is -7.08. The molecule has 4 nitrogen and oxygen atoms in total. The predicted molar refractivity (Wildman–Crippen MR) is 232 cm³/mol. The third kappa shape index (κ3) is 4.51. The average Bonchev–Trinajstić information content (AvgIpc) is 3.91. The summed E-state index contributed by atoms with van der Waals surface area (Å²) in [5, 5.41) is 9.48.